The number of imidazole rings is 1. The van der Waals surface area contributed by atoms with Crippen molar-refractivity contribution >= 4 is 45.7 Å². The van der Waals surface area contributed by atoms with Crippen molar-refractivity contribution in [3.05, 3.63) is 107 Å². The molecule has 164 valence electrons. The number of fused-ring (bicyclic) bond motifs is 3. The highest BCUT2D eigenvalue weighted by Gasteiger charge is 2.16. The second-order valence-electron chi connectivity index (χ2n) is 7.43. The molecule has 0 aliphatic heterocycles. The van der Waals surface area contributed by atoms with Gasteiger partial charge in [-0.1, -0.05) is 53.3 Å². The highest BCUT2D eigenvalue weighted by atomic mass is 35.5. The Kier molecular flexibility index (Phi) is 5.01. The SMILES string of the molecule is O=C(N=c1sc(-c2ccnc3nc4ccccc4n23)nn1-c1ccc(Cl)cc1)c1ccccc1. The van der Waals surface area contributed by atoms with Crippen LogP contribution in [0.2, 0.25) is 5.02 Å². The lowest BCUT2D eigenvalue weighted by Gasteiger charge is -2.03. The summed E-state index contributed by atoms with van der Waals surface area (Å²) in [6.45, 7) is 0. The van der Waals surface area contributed by atoms with Gasteiger partial charge in [0.1, 0.15) is 0 Å². The summed E-state index contributed by atoms with van der Waals surface area (Å²) in [7, 11) is 0. The van der Waals surface area contributed by atoms with Crippen LogP contribution in [0.25, 0.3) is 33.2 Å². The van der Waals surface area contributed by atoms with E-state index in [0.717, 1.165) is 22.4 Å². The maximum Gasteiger partial charge on any atom is 0.279 e. The van der Waals surface area contributed by atoms with E-state index in [1.165, 1.54) is 11.3 Å². The molecule has 6 rings (SSSR count). The number of hydrogen-bond donors (Lipinski definition) is 0. The normalized spacial score (nSPS) is 12.0. The minimum Gasteiger partial charge on any atom is -0.274 e. The topological polar surface area (TPSA) is 77.4 Å². The number of rotatable bonds is 3. The lowest BCUT2D eigenvalue weighted by molar-refractivity contribution is 0.0998. The number of carbonyl (C=O) groups is 1. The van der Waals surface area contributed by atoms with E-state index in [1.807, 2.05) is 65.1 Å². The molecule has 0 saturated carbocycles. The molecule has 3 aromatic heterocycles. The molecule has 3 aromatic carbocycles. The van der Waals surface area contributed by atoms with Crippen LogP contribution in [0.1, 0.15) is 10.4 Å². The number of carbonyl (C=O) groups excluding carboxylic acids is 1. The van der Waals surface area contributed by atoms with E-state index in [9.17, 15) is 4.79 Å². The van der Waals surface area contributed by atoms with Crippen molar-refractivity contribution in [1.29, 1.82) is 0 Å². The molecule has 7 nitrogen and oxygen atoms in total. The molecule has 0 aliphatic carbocycles. The Morgan fingerprint density at radius 2 is 1.68 bits per heavy atom. The average Bonchev–Trinajstić information content (AvgIpc) is 3.46. The predicted molar refractivity (Wildman–Crippen MR) is 132 cm³/mol. The number of halogens is 1. The van der Waals surface area contributed by atoms with Gasteiger partial charge in [0.05, 0.1) is 22.4 Å². The molecule has 0 unspecified atom stereocenters. The maximum atomic E-state index is 12.9. The van der Waals surface area contributed by atoms with Gasteiger partial charge in [-0.05, 0) is 54.6 Å². The average molecular weight is 483 g/mol. The lowest BCUT2D eigenvalue weighted by atomic mass is 10.2. The van der Waals surface area contributed by atoms with Crippen molar-refractivity contribution in [2.75, 3.05) is 0 Å². The Labute approximate surface area is 202 Å². The first-order valence-electron chi connectivity index (χ1n) is 10.4. The van der Waals surface area contributed by atoms with Crippen LogP contribution in [0.15, 0.2) is 96.1 Å². The van der Waals surface area contributed by atoms with E-state index in [0.29, 0.717) is 26.2 Å². The van der Waals surface area contributed by atoms with Gasteiger partial charge in [-0.25, -0.2) is 14.6 Å². The number of amides is 1. The third-order valence-corrected chi connectivity index (χ3v) is 6.46. The largest absolute Gasteiger partial charge is 0.279 e. The van der Waals surface area contributed by atoms with Crippen LogP contribution < -0.4 is 4.80 Å². The van der Waals surface area contributed by atoms with E-state index in [2.05, 4.69) is 15.0 Å². The van der Waals surface area contributed by atoms with Crippen LogP contribution in [-0.2, 0) is 0 Å². The first-order valence-corrected chi connectivity index (χ1v) is 11.6. The van der Waals surface area contributed by atoms with E-state index < -0.39 is 0 Å². The second kappa shape index (κ2) is 8.33. The molecule has 0 radical (unpaired) electrons. The Morgan fingerprint density at radius 1 is 0.912 bits per heavy atom. The van der Waals surface area contributed by atoms with Gasteiger partial charge in [0.25, 0.3) is 5.91 Å². The summed E-state index contributed by atoms with van der Waals surface area (Å²) < 4.78 is 3.62. The monoisotopic (exact) mass is 482 g/mol. The van der Waals surface area contributed by atoms with E-state index in [4.69, 9.17) is 16.7 Å². The minimum atomic E-state index is -0.341. The molecule has 0 aliphatic rings. The Hall–Kier alpha value is -4.14. The molecule has 0 spiro atoms. The van der Waals surface area contributed by atoms with Gasteiger partial charge in [-0.15, -0.1) is 0 Å². The number of hydrogen-bond acceptors (Lipinski definition) is 5. The zero-order valence-electron chi connectivity index (χ0n) is 17.5. The van der Waals surface area contributed by atoms with Gasteiger partial charge >= 0.3 is 0 Å². The third kappa shape index (κ3) is 3.59. The highest BCUT2D eigenvalue weighted by molar-refractivity contribution is 7.12. The molecule has 3 heterocycles. The molecule has 0 N–H and O–H groups in total. The fourth-order valence-corrected chi connectivity index (χ4v) is 4.74. The molecule has 1 amide bonds. The van der Waals surface area contributed by atoms with Gasteiger partial charge in [0.15, 0.2) is 5.01 Å². The summed E-state index contributed by atoms with van der Waals surface area (Å²) >= 11 is 7.41. The van der Waals surface area contributed by atoms with Crippen LogP contribution in [0, 0.1) is 0 Å². The molecular formula is C25H15ClN6OS. The number of aromatic nitrogens is 5. The Balaban J connectivity index is 1.59. The van der Waals surface area contributed by atoms with E-state index >= 15 is 0 Å². The van der Waals surface area contributed by atoms with Crippen molar-refractivity contribution in [1.82, 2.24) is 24.1 Å². The Bertz CT molecular complexity index is 1740. The zero-order chi connectivity index (χ0) is 23.1. The van der Waals surface area contributed by atoms with Crippen LogP contribution in [0.3, 0.4) is 0 Å². The molecule has 0 fully saturated rings. The first-order chi connectivity index (χ1) is 16.7. The molecule has 34 heavy (non-hydrogen) atoms. The quantitative estimate of drug-likeness (QED) is 0.347. The summed E-state index contributed by atoms with van der Waals surface area (Å²) in [6, 6.07) is 25.9. The highest BCUT2D eigenvalue weighted by Crippen LogP contribution is 2.25. The summed E-state index contributed by atoms with van der Waals surface area (Å²) in [6.07, 6.45) is 1.70. The van der Waals surface area contributed by atoms with Crippen LogP contribution >= 0.6 is 22.9 Å². The van der Waals surface area contributed by atoms with Crippen LogP contribution in [-0.4, -0.2) is 30.1 Å². The third-order valence-electron chi connectivity index (χ3n) is 5.27. The molecule has 0 atom stereocenters. The molecule has 6 aromatic rings. The van der Waals surface area contributed by atoms with Crippen molar-refractivity contribution < 1.29 is 4.79 Å². The minimum absolute atomic E-state index is 0.341. The maximum absolute atomic E-state index is 12.9. The van der Waals surface area contributed by atoms with Gasteiger partial charge in [0.2, 0.25) is 10.6 Å². The second-order valence-corrected chi connectivity index (χ2v) is 8.82. The van der Waals surface area contributed by atoms with Crippen LogP contribution in [0.5, 0.6) is 0 Å². The van der Waals surface area contributed by atoms with E-state index in [1.54, 1.807) is 35.1 Å². The molecule has 0 bridgehead atoms. The Morgan fingerprint density at radius 3 is 2.50 bits per heavy atom. The van der Waals surface area contributed by atoms with E-state index in [-0.39, 0.29) is 5.91 Å². The molecule has 0 saturated heterocycles. The number of benzene rings is 3. The smallest absolute Gasteiger partial charge is 0.274 e. The van der Waals surface area contributed by atoms with Crippen molar-refractivity contribution in [2.24, 2.45) is 4.99 Å². The zero-order valence-corrected chi connectivity index (χ0v) is 19.1. The van der Waals surface area contributed by atoms with Crippen molar-refractivity contribution in [2.45, 2.75) is 0 Å². The van der Waals surface area contributed by atoms with Crippen molar-refractivity contribution in [3.63, 3.8) is 0 Å². The van der Waals surface area contributed by atoms with Crippen molar-refractivity contribution in [3.8, 4) is 16.4 Å². The fourth-order valence-electron chi connectivity index (χ4n) is 3.69. The number of nitrogens with zero attached hydrogens (tertiary/aromatic N) is 6. The molecule has 9 heteroatoms. The predicted octanol–water partition coefficient (Wildman–Crippen LogP) is 5.19. The summed E-state index contributed by atoms with van der Waals surface area (Å²) in [5.41, 5.74) is 3.82. The van der Waals surface area contributed by atoms with Gasteiger partial charge in [-0.3, -0.25) is 9.20 Å². The fraction of sp³-hybridized carbons (Fsp3) is 0. The summed E-state index contributed by atoms with van der Waals surface area (Å²) in [4.78, 5) is 26.8. The van der Waals surface area contributed by atoms with Gasteiger partial charge in [0, 0.05) is 16.8 Å². The summed E-state index contributed by atoms with van der Waals surface area (Å²) in [5.74, 6) is 0.234. The van der Waals surface area contributed by atoms with Crippen LogP contribution in [0.4, 0.5) is 0 Å². The van der Waals surface area contributed by atoms with Gasteiger partial charge in [-0.2, -0.15) is 10.1 Å². The lowest BCUT2D eigenvalue weighted by Crippen LogP contribution is -2.16. The number of para-hydroxylation sites is 2. The standard InChI is InChI=1S/C25H15ClN6OS/c26-17-10-12-18(13-11-17)32-25(29-22(33)16-6-2-1-3-7-16)34-23(30-32)21-14-15-27-24-28-19-8-4-5-9-20(19)31(21)24/h1-15H. The molecular weight excluding hydrogens is 468 g/mol. The first kappa shape index (κ1) is 20.5. The summed E-state index contributed by atoms with van der Waals surface area (Å²) in [5, 5.41) is 6.12. The van der Waals surface area contributed by atoms with Gasteiger partial charge < -0.3 is 0 Å².